The summed E-state index contributed by atoms with van der Waals surface area (Å²) in [5.74, 6) is -0.170. The molecule has 1 amide bonds. The molecule has 0 aliphatic rings. The first kappa shape index (κ1) is 25.3. The lowest BCUT2D eigenvalue weighted by atomic mass is 9.92. The summed E-state index contributed by atoms with van der Waals surface area (Å²) in [6.45, 7) is 6.30. The number of rotatable bonds is 9. The van der Waals surface area contributed by atoms with Gasteiger partial charge in [0.2, 0.25) is 0 Å². The summed E-state index contributed by atoms with van der Waals surface area (Å²) in [6, 6.07) is 14.4. The highest BCUT2D eigenvalue weighted by atomic mass is 19.1. The summed E-state index contributed by atoms with van der Waals surface area (Å²) in [7, 11) is 0. The second-order valence-corrected chi connectivity index (χ2v) is 9.23. The normalized spacial score (nSPS) is 12.3. The predicted molar refractivity (Wildman–Crippen MR) is 135 cm³/mol. The molecule has 1 unspecified atom stereocenters. The Balaban J connectivity index is 1.93. The van der Waals surface area contributed by atoms with Crippen LogP contribution in [-0.2, 0) is 6.42 Å². The summed E-state index contributed by atoms with van der Waals surface area (Å²) >= 11 is 0. The molecule has 0 saturated carbocycles. The van der Waals surface area contributed by atoms with Crippen LogP contribution in [-0.4, -0.2) is 29.1 Å². The van der Waals surface area contributed by atoms with Crippen LogP contribution in [0.3, 0.4) is 0 Å². The monoisotopic (exact) mass is 491 g/mol. The number of halogens is 1. The largest absolute Gasteiger partial charge is 0.458 e. The van der Waals surface area contributed by atoms with Gasteiger partial charge < -0.3 is 19.6 Å². The fourth-order valence-corrected chi connectivity index (χ4v) is 4.48. The van der Waals surface area contributed by atoms with Crippen LogP contribution in [0.5, 0.6) is 0 Å². The van der Waals surface area contributed by atoms with Crippen molar-refractivity contribution in [2.24, 2.45) is 11.7 Å². The van der Waals surface area contributed by atoms with E-state index in [9.17, 15) is 14.0 Å². The highest BCUT2D eigenvalue weighted by Gasteiger charge is 2.34. The minimum absolute atomic E-state index is 0.140. The zero-order chi connectivity index (χ0) is 25.8. The molecule has 0 fully saturated rings. The minimum Gasteiger partial charge on any atom is -0.458 e. The van der Waals surface area contributed by atoms with Crippen molar-refractivity contribution in [2.45, 2.75) is 39.7 Å². The van der Waals surface area contributed by atoms with Gasteiger partial charge >= 0.3 is 0 Å². The SMILES string of the molecule is Cc1cc(C(=O)N(CCCN)C(c2oc3cc(F)ccc3c(=O)c2Cc2ccccc2)C(C)C)no1. The van der Waals surface area contributed by atoms with Crippen LogP contribution in [0.15, 0.2) is 68.3 Å². The van der Waals surface area contributed by atoms with Gasteiger partial charge in [0.05, 0.1) is 11.4 Å². The molecule has 2 aromatic heterocycles. The molecule has 188 valence electrons. The summed E-state index contributed by atoms with van der Waals surface area (Å²) in [5, 5.41) is 4.20. The first-order chi connectivity index (χ1) is 17.3. The third-order valence-electron chi connectivity index (χ3n) is 6.15. The van der Waals surface area contributed by atoms with E-state index in [1.165, 1.54) is 18.2 Å². The van der Waals surface area contributed by atoms with Crippen molar-refractivity contribution < 1.29 is 18.1 Å². The van der Waals surface area contributed by atoms with Gasteiger partial charge in [-0.05, 0) is 43.5 Å². The number of carbonyl (C=O) groups is 1. The number of amides is 1. The highest BCUT2D eigenvalue weighted by molar-refractivity contribution is 5.92. The molecule has 36 heavy (non-hydrogen) atoms. The van der Waals surface area contributed by atoms with Crippen LogP contribution in [0.2, 0.25) is 0 Å². The molecule has 0 aliphatic carbocycles. The molecule has 0 aliphatic heterocycles. The maximum Gasteiger partial charge on any atom is 0.276 e. The molecule has 4 rings (SSSR count). The Bertz CT molecular complexity index is 1410. The molecular formula is C28H30FN3O4. The molecule has 1 atom stereocenters. The van der Waals surface area contributed by atoms with Crippen LogP contribution < -0.4 is 11.2 Å². The molecule has 4 aromatic rings. The molecule has 0 bridgehead atoms. The summed E-state index contributed by atoms with van der Waals surface area (Å²) in [6.07, 6.45) is 0.837. The third-order valence-corrected chi connectivity index (χ3v) is 6.15. The maximum atomic E-state index is 14.1. The van der Waals surface area contributed by atoms with Crippen LogP contribution in [0.4, 0.5) is 4.39 Å². The Kier molecular flexibility index (Phi) is 7.64. The van der Waals surface area contributed by atoms with E-state index in [0.29, 0.717) is 48.4 Å². The van der Waals surface area contributed by atoms with Gasteiger partial charge in [0.1, 0.15) is 22.9 Å². The third kappa shape index (κ3) is 5.23. The van der Waals surface area contributed by atoms with Crippen LogP contribution in [0, 0.1) is 18.7 Å². The molecule has 2 aromatic carbocycles. The average Bonchev–Trinajstić information content (AvgIpc) is 3.29. The molecule has 2 N–H and O–H groups in total. The zero-order valence-corrected chi connectivity index (χ0v) is 20.7. The molecule has 7 nitrogen and oxygen atoms in total. The van der Waals surface area contributed by atoms with E-state index in [0.717, 1.165) is 5.56 Å². The quantitative estimate of drug-likeness (QED) is 0.353. The van der Waals surface area contributed by atoms with E-state index in [1.807, 2.05) is 44.2 Å². The standard InChI is InChI=1S/C28H30FN3O4/c1-17(2)25(32(13-7-12-30)28(34)23-14-18(3)36-31-23)27-22(15-19-8-5-4-6-9-19)26(33)21-11-10-20(29)16-24(21)35-27/h4-6,8-11,14,16-17,25H,7,12-13,15,30H2,1-3H3. The number of aromatic nitrogens is 1. The second kappa shape index (κ2) is 10.9. The van der Waals surface area contributed by atoms with Crippen molar-refractivity contribution in [3.8, 4) is 0 Å². The molecule has 8 heteroatoms. The van der Waals surface area contributed by atoms with Crippen LogP contribution >= 0.6 is 0 Å². The number of hydrogen-bond donors (Lipinski definition) is 1. The van der Waals surface area contributed by atoms with E-state index in [1.54, 1.807) is 17.9 Å². The lowest BCUT2D eigenvalue weighted by Gasteiger charge is -2.34. The van der Waals surface area contributed by atoms with Crippen molar-refractivity contribution in [3.63, 3.8) is 0 Å². The first-order valence-electron chi connectivity index (χ1n) is 12.0. The first-order valence-corrected chi connectivity index (χ1v) is 12.0. The van der Waals surface area contributed by atoms with E-state index >= 15 is 0 Å². The molecular weight excluding hydrogens is 461 g/mol. The van der Waals surface area contributed by atoms with Gasteiger partial charge in [-0.3, -0.25) is 9.59 Å². The molecule has 0 radical (unpaired) electrons. The smallest absolute Gasteiger partial charge is 0.276 e. The number of nitrogens with two attached hydrogens (primary N) is 1. The zero-order valence-electron chi connectivity index (χ0n) is 20.7. The van der Waals surface area contributed by atoms with E-state index in [-0.39, 0.29) is 28.5 Å². The summed E-state index contributed by atoms with van der Waals surface area (Å²) in [5.41, 5.74) is 7.20. The Morgan fingerprint density at radius 3 is 2.53 bits per heavy atom. The number of benzene rings is 2. The average molecular weight is 492 g/mol. The fourth-order valence-electron chi connectivity index (χ4n) is 4.48. The van der Waals surface area contributed by atoms with Gasteiger partial charge in [0.25, 0.3) is 5.91 Å². The van der Waals surface area contributed by atoms with Crippen LogP contribution in [0.1, 0.15) is 59.4 Å². The summed E-state index contributed by atoms with van der Waals surface area (Å²) in [4.78, 5) is 29.0. The lowest BCUT2D eigenvalue weighted by molar-refractivity contribution is 0.0577. The van der Waals surface area contributed by atoms with Crippen molar-refractivity contribution >= 4 is 16.9 Å². The summed E-state index contributed by atoms with van der Waals surface area (Å²) < 4.78 is 25.6. The van der Waals surface area contributed by atoms with Crippen LogP contribution in [0.25, 0.3) is 11.0 Å². The Labute approximate surface area is 208 Å². The van der Waals surface area contributed by atoms with Gasteiger partial charge in [0, 0.05) is 30.7 Å². The number of aryl methyl sites for hydroxylation is 1. The van der Waals surface area contributed by atoms with Crippen molar-refractivity contribution in [3.05, 3.63) is 99.0 Å². The number of carbonyl (C=O) groups excluding carboxylic acids is 1. The lowest BCUT2D eigenvalue weighted by Crippen LogP contribution is -2.40. The van der Waals surface area contributed by atoms with Crippen molar-refractivity contribution in [1.82, 2.24) is 10.1 Å². The highest BCUT2D eigenvalue weighted by Crippen LogP contribution is 2.34. The predicted octanol–water partition coefficient (Wildman–Crippen LogP) is 5.01. The van der Waals surface area contributed by atoms with Gasteiger partial charge in [-0.15, -0.1) is 0 Å². The van der Waals surface area contributed by atoms with Gasteiger partial charge in [-0.2, -0.15) is 0 Å². The van der Waals surface area contributed by atoms with Crippen molar-refractivity contribution in [1.29, 1.82) is 0 Å². The Morgan fingerprint density at radius 2 is 1.89 bits per heavy atom. The van der Waals surface area contributed by atoms with E-state index < -0.39 is 11.9 Å². The topological polar surface area (TPSA) is 103 Å². The van der Waals surface area contributed by atoms with Gasteiger partial charge in [-0.1, -0.05) is 49.3 Å². The molecule has 2 heterocycles. The number of fused-ring (bicyclic) bond motifs is 1. The second-order valence-electron chi connectivity index (χ2n) is 9.23. The fraction of sp³-hybridized carbons (Fsp3) is 0.321. The van der Waals surface area contributed by atoms with E-state index in [2.05, 4.69) is 5.16 Å². The van der Waals surface area contributed by atoms with E-state index in [4.69, 9.17) is 14.7 Å². The number of hydrogen-bond acceptors (Lipinski definition) is 6. The Hall–Kier alpha value is -3.78. The minimum atomic E-state index is -0.625. The Morgan fingerprint density at radius 1 is 1.14 bits per heavy atom. The number of nitrogens with zero attached hydrogens (tertiary/aromatic N) is 2. The van der Waals surface area contributed by atoms with Crippen molar-refractivity contribution in [2.75, 3.05) is 13.1 Å². The van der Waals surface area contributed by atoms with Gasteiger partial charge in [0.15, 0.2) is 11.1 Å². The molecule has 0 spiro atoms. The molecule has 0 saturated heterocycles. The maximum absolute atomic E-state index is 14.1. The van der Waals surface area contributed by atoms with Gasteiger partial charge in [-0.25, -0.2) is 4.39 Å².